The standard InChI is InChI=1S/C9H12N2O5S/c12-6-1-2-11(5-6)17(15,16)7-3-8(9(13)14)10-4-7/h3-4,6,10,12H,1-2,5H2,(H,13,14)/t6-/m0/s1. The van der Waals surface area contributed by atoms with Crippen LogP contribution in [0.4, 0.5) is 0 Å². The highest BCUT2D eigenvalue weighted by molar-refractivity contribution is 7.89. The van der Waals surface area contributed by atoms with E-state index in [-0.39, 0.29) is 23.7 Å². The highest BCUT2D eigenvalue weighted by Gasteiger charge is 2.32. The smallest absolute Gasteiger partial charge is 0.352 e. The first-order valence-corrected chi connectivity index (χ1v) is 6.45. The molecule has 1 aromatic rings. The van der Waals surface area contributed by atoms with Gasteiger partial charge in [-0.3, -0.25) is 0 Å². The van der Waals surface area contributed by atoms with E-state index >= 15 is 0 Å². The first kappa shape index (κ1) is 12.1. The van der Waals surface area contributed by atoms with E-state index in [4.69, 9.17) is 5.11 Å². The number of aromatic nitrogens is 1. The maximum Gasteiger partial charge on any atom is 0.352 e. The van der Waals surface area contributed by atoms with Crippen LogP contribution in [-0.2, 0) is 10.0 Å². The quantitative estimate of drug-likeness (QED) is 0.676. The fourth-order valence-electron chi connectivity index (χ4n) is 1.72. The number of hydrogen-bond donors (Lipinski definition) is 3. The molecule has 0 amide bonds. The zero-order chi connectivity index (χ0) is 12.6. The Balaban J connectivity index is 2.28. The van der Waals surface area contributed by atoms with Gasteiger partial charge in [-0.15, -0.1) is 0 Å². The van der Waals surface area contributed by atoms with Crippen molar-refractivity contribution in [3.05, 3.63) is 18.0 Å². The monoisotopic (exact) mass is 260 g/mol. The van der Waals surface area contributed by atoms with Crippen molar-refractivity contribution < 1.29 is 23.4 Å². The third-order valence-corrected chi connectivity index (χ3v) is 4.49. The number of sulfonamides is 1. The molecule has 17 heavy (non-hydrogen) atoms. The molecule has 1 saturated heterocycles. The molecule has 94 valence electrons. The Morgan fingerprint density at radius 2 is 2.24 bits per heavy atom. The fraction of sp³-hybridized carbons (Fsp3) is 0.444. The van der Waals surface area contributed by atoms with Crippen LogP contribution >= 0.6 is 0 Å². The van der Waals surface area contributed by atoms with Gasteiger partial charge in [0.25, 0.3) is 0 Å². The molecule has 1 aromatic heterocycles. The maximum atomic E-state index is 12.0. The van der Waals surface area contributed by atoms with Gasteiger partial charge in [-0.05, 0) is 12.5 Å². The SMILES string of the molecule is O=C(O)c1cc(S(=O)(=O)N2CC[C@H](O)C2)c[nH]1. The van der Waals surface area contributed by atoms with Crippen molar-refractivity contribution in [1.29, 1.82) is 0 Å². The summed E-state index contributed by atoms with van der Waals surface area (Å²) >= 11 is 0. The van der Waals surface area contributed by atoms with Crippen molar-refractivity contribution in [1.82, 2.24) is 9.29 Å². The lowest BCUT2D eigenvalue weighted by Crippen LogP contribution is -2.29. The number of aromatic carboxylic acids is 1. The molecular weight excluding hydrogens is 248 g/mol. The lowest BCUT2D eigenvalue weighted by Gasteiger charge is -2.13. The van der Waals surface area contributed by atoms with Crippen LogP contribution in [0.2, 0.25) is 0 Å². The van der Waals surface area contributed by atoms with Gasteiger partial charge in [0, 0.05) is 19.3 Å². The molecule has 7 nitrogen and oxygen atoms in total. The van der Waals surface area contributed by atoms with Gasteiger partial charge in [0.15, 0.2) is 0 Å². The molecule has 1 aliphatic rings. The summed E-state index contributed by atoms with van der Waals surface area (Å²) in [5.74, 6) is -1.21. The maximum absolute atomic E-state index is 12.0. The highest BCUT2D eigenvalue weighted by atomic mass is 32.2. The summed E-state index contributed by atoms with van der Waals surface area (Å²) in [6.45, 7) is 0.299. The number of H-pyrrole nitrogens is 1. The Bertz CT molecular complexity index is 535. The zero-order valence-electron chi connectivity index (χ0n) is 8.83. The molecule has 0 radical (unpaired) electrons. The highest BCUT2D eigenvalue weighted by Crippen LogP contribution is 2.21. The van der Waals surface area contributed by atoms with Crippen LogP contribution in [0.5, 0.6) is 0 Å². The van der Waals surface area contributed by atoms with Crippen LogP contribution in [0.1, 0.15) is 16.9 Å². The summed E-state index contributed by atoms with van der Waals surface area (Å²) in [5, 5.41) is 18.0. The molecule has 1 fully saturated rings. The summed E-state index contributed by atoms with van der Waals surface area (Å²) in [5.41, 5.74) is -0.177. The third kappa shape index (κ3) is 2.19. The molecule has 3 N–H and O–H groups in total. The first-order valence-electron chi connectivity index (χ1n) is 5.01. The average molecular weight is 260 g/mol. The molecule has 8 heteroatoms. The minimum atomic E-state index is -3.71. The van der Waals surface area contributed by atoms with Crippen LogP contribution in [0, 0.1) is 0 Å². The Kier molecular flexibility index (Phi) is 2.94. The van der Waals surface area contributed by atoms with Gasteiger partial charge < -0.3 is 15.2 Å². The van der Waals surface area contributed by atoms with E-state index in [9.17, 15) is 18.3 Å². The zero-order valence-corrected chi connectivity index (χ0v) is 9.64. The normalized spacial score (nSPS) is 21.8. The topological polar surface area (TPSA) is 111 Å². The number of aromatic amines is 1. The summed E-state index contributed by atoms with van der Waals surface area (Å²) in [6, 6.07) is 1.07. The van der Waals surface area contributed by atoms with Crippen LogP contribution in [0.15, 0.2) is 17.2 Å². The predicted molar refractivity (Wildman–Crippen MR) is 57.1 cm³/mol. The van der Waals surface area contributed by atoms with E-state index < -0.39 is 22.1 Å². The Labute approximate surface area is 97.7 Å². The van der Waals surface area contributed by atoms with Crippen LogP contribution in [-0.4, -0.2) is 53.1 Å². The molecule has 2 rings (SSSR count). The molecule has 2 heterocycles. The van der Waals surface area contributed by atoms with Gasteiger partial charge in [0.1, 0.15) is 10.6 Å². The first-order chi connectivity index (χ1) is 7.91. The van der Waals surface area contributed by atoms with E-state index in [0.717, 1.165) is 16.6 Å². The van der Waals surface area contributed by atoms with Crippen molar-refractivity contribution in [2.75, 3.05) is 13.1 Å². The van der Waals surface area contributed by atoms with Gasteiger partial charge in [0.2, 0.25) is 10.0 Å². The number of hydrogen-bond acceptors (Lipinski definition) is 4. The van der Waals surface area contributed by atoms with E-state index in [1.54, 1.807) is 0 Å². The molecular formula is C9H12N2O5S. The summed E-state index contributed by atoms with van der Waals surface area (Å²) in [4.78, 5) is 12.9. The minimum absolute atomic E-state index is 0.0515. The second-order valence-electron chi connectivity index (χ2n) is 3.86. The number of aliphatic hydroxyl groups is 1. The molecule has 1 aliphatic heterocycles. The second kappa shape index (κ2) is 4.13. The van der Waals surface area contributed by atoms with Gasteiger partial charge in [-0.25, -0.2) is 13.2 Å². The Hall–Kier alpha value is -1.38. The number of carboxylic acids is 1. The number of carbonyl (C=O) groups is 1. The van der Waals surface area contributed by atoms with Crippen LogP contribution in [0.25, 0.3) is 0 Å². The average Bonchev–Trinajstić information content (AvgIpc) is 2.85. The molecule has 0 bridgehead atoms. The van der Waals surface area contributed by atoms with Crippen molar-refractivity contribution in [3.8, 4) is 0 Å². The largest absolute Gasteiger partial charge is 0.477 e. The molecule has 1 atom stereocenters. The van der Waals surface area contributed by atoms with Crippen molar-refractivity contribution in [3.63, 3.8) is 0 Å². The summed E-state index contributed by atoms with van der Waals surface area (Å²) < 4.78 is 25.2. The summed E-state index contributed by atoms with van der Waals surface area (Å²) in [6.07, 6.45) is 0.890. The molecule has 0 spiro atoms. The lowest BCUT2D eigenvalue weighted by molar-refractivity contribution is 0.0691. The van der Waals surface area contributed by atoms with Gasteiger partial charge in [0.05, 0.1) is 6.10 Å². The number of carboxylic acid groups (broad SMARTS) is 1. The van der Waals surface area contributed by atoms with Crippen molar-refractivity contribution in [2.24, 2.45) is 0 Å². The van der Waals surface area contributed by atoms with Crippen LogP contribution in [0.3, 0.4) is 0 Å². The van der Waals surface area contributed by atoms with Gasteiger partial charge in [-0.1, -0.05) is 0 Å². The van der Waals surface area contributed by atoms with E-state index in [0.29, 0.717) is 6.42 Å². The third-order valence-electron chi connectivity index (χ3n) is 2.65. The minimum Gasteiger partial charge on any atom is -0.477 e. The fourth-order valence-corrected chi connectivity index (χ4v) is 3.21. The molecule has 0 aliphatic carbocycles. The molecule has 0 unspecified atom stereocenters. The second-order valence-corrected chi connectivity index (χ2v) is 5.80. The Morgan fingerprint density at radius 1 is 1.53 bits per heavy atom. The number of rotatable bonds is 3. The number of β-amino-alcohol motifs (C(OH)–C–C–N with tert-alkyl or cyclic N) is 1. The van der Waals surface area contributed by atoms with E-state index in [1.165, 1.54) is 0 Å². The van der Waals surface area contributed by atoms with Crippen molar-refractivity contribution in [2.45, 2.75) is 17.4 Å². The lowest BCUT2D eigenvalue weighted by atomic mass is 10.3. The molecule has 0 saturated carbocycles. The predicted octanol–water partition coefficient (Wildman–Crippen LogP) is -0.532. The number of aliphatic hydroxyl groups excluding tert-OH is 1. The van der Waals surface area contributed by atoms with Gasteiger partial charge in [-0.2, -0.15) is 4.31 Å². The number of nitrogens with zero attached hydrogens (tertiary/aromatic N) is 1. The molecule has 0 aromatic carbocycles. The summed E-state index contributed by atoms with van der Waals surface area (Å²) in [7, 11) is -3.71. The Morgan fingerprint density at radius 3 is 2.71 bits per heavy atom. The van der Waals surface area contributed by atoms with E-state index in [2.05, 4.69) is 4.98 Å². The van der Waals surface area contributed by atoms with Gasteiger partial charge >= 0.3 is 5.97 Å². The van der Waals surface area contributed by atoms with E-state index in [1.807, 2.05) is 0 Å². The number of nitrogens with one attached hydrogen (secondary N) is 1. The van der Waals surface area contributed by atoms with Crippen LogP contribution < -0.4 is 0 Å². The van der Waals surface area contributed by atoms with Crippen molar-refractivity contribution >= 4 is 16.0 Å².